The molecule has 72 heavy (non-hydrogen) atoms. The number of ether oxygens (including phenoxy) is 2. The van der Waals surface area contributed by atoms with Crippen LogP contribution in [0, 0.1) is 25.0 Å². The zero-order chi connectivity index (χ0) is 52.2. The molecule has 6 aliphatic rings. The summed E-state index contributed by atoms with van der Waals surface area (Å²) in [7, 11) is 1.55. The molecular weight excluding hydrogens is 1010 g/mol. The molecule has 4 heterocycles. The summed E-state index contributed by atoms with van der Waals surface area (Å²) < 4.78 is 94.4. The highest BCUT2D eigenvalue weighted by Crippen LogP contribution is 2.57. The van der Waals surface area contributed by atoms with Crippen molar-refractivity contribution in [3.63, 3.8) is 0 Å². The summed E-state index contributed by atoms with van der Waals surface area (Å²) in [4.78, 5) is 44.7. The molecule has 14 nitrogen and oxygen atoms in total. The second kappa shape index (κ2) is 19.1. The van der Waals surface area contributed by atoms with Gasteiger partial charge in [-0.25, -0.2) is 19.7 Å². The Morgan fingerprint density at radius 2 is 1.15 bits per heavy atom. The Balaban J connectivity index is 0.000000162. The highest BCUT2D eigenvalue weighted by atomic mass is 79.9. The number of halogens is 7. The first-order chi connectivity index (χ1) is 33.9. The SMILES string of the molecule is CN1C(=O)C2(CC3(CCCC(C(F)(F)F)C3)Oc3ccc(Br)cc32)N=C1N.[C-]#[N+]c1cccc(-c2ccc3c(c2)C2(CC4(CCCC(C(F)(F)F)C4)O3)N=C(N)N(C)C2=O)c1.[C-]#[N+]c1cccc(B(O)O)c1. The van der Waals surface area contributed by atoms with Crippen molar-refractivity contribution in [1.29, 1.82) is 0 Å². The molecule has 2 aliphatic carbocycles. The van der Waals surface area contributed by atoms with E-state index in [1.165, 1.54) is 30.0 Å². The fraction of sp³-hybridized carbons (Fsp3) is 0.400. The number of aliphatic imine (C=N–C) groups is 2. The Morgan fingerprint density at radius 3 is 1.61 bits per heavy atom. The Hall–Kier alpha value is -6.62. The van der Waals surface area contributed by atoms with Crippen LogP contribution in [-0.2, 0) is 20.7 Å². The van der Waals surface area contributed by atoms with Gasteiger partial charge in [0.25, 0.3) is 11.8 Å². The molecule has 4 aromatic rings. The standard InChI is InChI=1S/C25H23F3N4O2.C18H19BrF3N3O2.C7H6BNO2/c1-30-18-7-3-5-15(11-18)16-8-9-20-19(12-16)24(21(33)32(2)22(29)31-24)14-23(34-20)10-4-6-17(13-23)25(26,27)28;1-25-14(26)17(24-15(25)23)9-16(6-2-3-10(8-16)18(20,21)22)27-13-5-4-11(19)7-12(13)17;1-9-7-4-2-3-6(5-7)8(10)11/h3,5,7-9,11-12,17H,4,6,10,13-14H2,2H3,(H2,29,31);4-5,7,10H,2-3,6,8-9H2,1H3,(H2,23,24);2-5,10-11H. The zero-order valence-corrected chi connectivity index (χ0v) is 40.5. The molecule has 0 radical (unpaired) electrons. The fourth-order valence-corrected chi connectivity index (χ4v) is 11.3. The molecule has 2 amide bonds. The van der Waals surface area contributed by atoms with Gasteiger partial charge in [-0.15, -0.1) is 0 Å². The lowest BCUT2D eigenvalue weighted by Gasteiger charge is -2.48. The molecule has 6 N–H and O–H groups in total. The quantitative estimate of drug-likeness (QED) is 0.0872. The number of carbonyl (C=O) groups is 2. The molecule has 4 aliphatic heterocycles. The van der Waals surface area contributed by atoms with E-state index in [0.29, 0.717) is 65.1 Å². The van der Waals surface area contributed by atoms with Crippen LogP contribution in [0.5, 0.6) is 11.5 Å². The lowest BCUT2D eigenvalue weighted by molar-refractivity contribution is -0.201. The number of rotatable bonds is 2. The highest BCUT2D eigenvalue weighted by molar-refractivity contribution is 9.10. The van der Waals surface area contributed by atoms with Gasteiger partial charge in [0.15, 0.2) is 34.4 Å². The highest BCUT2D eigenvalue weighted by Gasteiger charge is 2.62. The van der Waals surface area contributed by atoms with Gasteiger partial charge in [0.1, 0.15) is 22.7 Å². The van der Waals surface area contributed by atoms with E-state index in [-0.39, 0.29) is 62.3 Å². The Morgan fingerprint density at radius 1 is 0.694 bits per heavy atom. The lowest BCUT2D eigenvalue weighted by atomic mass is 9.67. The van der Waals surface area contributed by atoms with Crippen molar-refractivity contribution in [2.24, 2.45) is 33.3 Å². The third-order valence-electron chi connectivity index (χ3n) is 14.4. The molecule has 0 saturated heterocycles. The normalized spacial score (nSPS) is 27.2. The van der Waals surface area contributed by atoms with Gasteiger partial charge in [-0.3, -0.25) is 19.4 Å². The Kier molecular flexibility index (Phi) is 13.7. The van der Waals surface area contributed by atoms with Crippen LogP contribution in [-0.4, -0.2) is 88.3 Å². The number of hydrogen-bond donors (Lipinski definition) is 4. The number of nitrogens with zero attached hydrogens (tertiary/aromatic N) is 6. The topological polar surface area (TPSA) is 185 Å². The van der Waals surface area contributed by atoms with E-state index in [1.807, 2.05) is 6.07 Å². The predicted molar refractivity (Wildman–Crippen MR) is 259 cm³/mol. The van der Waals surface area contributed by atoms with Crippen molar-refractivity contribution in [3.8, 4) is 22.6 Å². The summed E-state index contributed by atoms with van der Waals surface area (Å²) >= 11 is 3.39. The van der Waals surface area contributed by atoms with E-state index >= 15 is 0 Å². The fourth-order valence-electron chi connectivity index (χ4n) is 10.9. The van der Waals surface area contributed by atoms with Crippen molar-refractivity contribution in [1.82, 2.24) is 9.80 Å². The Labute approximate surface area is 419 Å². The average Bonchev–Trinajstić information content (AvgIpc) is 3.68. The minimum Gasteiger partial charge on any atom is -0.487 e. The molecule has 2 saturated carbocycles. The van der Waals surface area contributed by atoms with Gasteiger partial charge in [-0.1, -0.05) is 64.5 Å². The van der Waals surface area contributed by atoms with Gasteiger partial charge < -0.3 is 31.0 Å². The second-order valence-corrected chi connectivity index (χ2v) is 20.0. The molecule has 6 atom stereocenters. The summed E-state index contributed by atoms with van der Waals surface area (Å²) in [5, 5.41) is 17.4. The van der Waals surface area contributed by atoms with E-state index in [4.69, 9.17) is 44.1 Å². The van der Waals surface area contributed by atoms with Crippen molar-refractivity contribution < 1.29 is 55.5 Å². The summed E-state index contributed by atoms with van der Waals surface area (Å²) in [6.45, 7) is 13.9. The number of benzene rings is 4. The molecule has 6 unspecified atom stereocenters. The molecule has 0 bridgehead atoms. The monoisotopic (exact) mass is 1060 g/mol. The summed E-state index contributed by atoms with van der Waals surface area (Å²) in [5.41, 5.74) is 10.7. The molecule has 10 rings (SSSR count). The molecule has 0 aromatic heterocycles. The smallest absolute Gasteiger partial charge is 0.487 e. The molecule has 4 aromatic carbocycles. The summed E-state index contributed by atoms with van der Waals surface area (Å²) in [6.07, 6.45) is -7.27. The number of likely N-dealkylation sites (N-methyl/N-ethyl adjacent to an activating group) is 2. The third kappa shape index (κ3) is 9.71. The first-order valence-electron chi connectivity index (χ1n) is 22.9. The van der Waals surface area contributed by atoms with Crippen LogP contribution in [0.25, 0.3) is 20.8 Å². The maximum Gasteiger partial charge on any atom is 0.487 e. The number of carbonyl (C=O) groups excluding carboxylic acids is 2. The molecular formula is C50H48BBrF6N8O6. The summed E-state index contributed by atoms with van der Waals surface area (Å²) in [6, 6.07) is 23.7. The first-order valence-corrected chi connectivity index (χ1v) is 23.7. The zero-order valence-electron chi connectivity index (χ0n) is 38.9. The van der Waals surface area contributed by atoms with Crippen LogP contribution in [0.3, 0.4) is 0 Å². The van der Waals surface area contributed by atoms with Gasteiger partial charge in [0.2, 0.25) is 0 Å². The third-order valence-corrected chi connectivity index (χ3v) is 14.9. The number of guanidine groups is 2. The van der Waals surface area contributed by atoms with Crippen LogP contribution in [0.15, 0.2) is 99.4 Å². The average molecular weight is 1060 g/mol. The van der Waals surface area contributed by atoms with Gasteiger partial charge in [-0.2, -0.15) is 26.3 Å². The minimum absolute atomic E-state index is 0.00496. The maximum atomic E-state index is 13.6. The Bertz CT molecular complexity index is 2960. The van der Waals surface area contributed by atoms with Crippen LogP contribution < -0.4 is 26.4 Å². The number of nitrogens with two attached hydrogens (primary N) is 2. The van der Waals surface area contributed by atoms with Crippen LogP contribution in [0.1, 0.15) is 75.3 Å². The minimum atomic E-state index is -4.33. The van der Waals surface area contributed by atoms with Gasteiger partial charge in [0, 0.05) is 42.5 Å². The molecule has 2 fully saturated rings. The molecule has 22 heteroatoms. The van der Waals surface area contributed by atoms with E-state index in [1.54, 1.807) is 72.8 Å². The number of fused-ring (bicyclic) bond motifs is 4. The van der Waals surface area contributed by atoms with E-state index < -0.39 is 53.6 Å². The van der Waals surface area contributed by atoms with E-state index in [0.717, 1.165) is 15.6 Å². The van der Waals surface area contributed by atoms with Crippen LogP contribution in [0.4, 0.5) is 37.7 Å². The number of amides is 2. The second-order valence-electron chi connectivity index (χ2n) is 19.1. The maximum absolute atomic E-state index is 13.6. The lowest BCUT2D eigenvalue weighted by Crippen LogP contribution is -2.54. The van der Waals surface area contributed by atoms with Crippen molar-refractivity contribution >= 4 is 63.6 Å². The van der Waals surface area contributed by atoms with Gasteiger partial charge in [-0.05, 0) is 104 Å². The van der Waals surface area contributed by atoms with E-state index in [2.05, 4.69) is 35.6 Å². The van der Waals surface area contributed by atoms with Crippen LogP contribution in [0.2, 0.25) is 0 Å². The predicted octanol–water partition coefficient (Wildman–Crippen LogP) is 8.78. The van der Waals surface area contributed by atoms with Gasteiger partial charge in [0.05, 0.1) is 25.0 Å². The van der Waals surface area contributed by atoms with E-state index in [9.17, 15) is 35.9 Å². The van der Waals surface area contributed by atoms with Crippen molar-refractivity contribution in [2.45, 2.75) is 98.8 Å². The first kappa shape index (κ1) is 51.7. The van der Waals surface area contributed by atoms with Crippen molar-refractivity contribution in [3.05, 3.63) is 123 Å². The number of alkyl halides is 6. The molecule has 4 spiro atoms. The largest absolute Gasteiger partial charge is 0.487 e. The molecule has 376 valence electrons. The van der Waals surface area contributed by atoms with Crippen LogP contribution >= 0.6 is 15.9 Å². The number of hydrogen-bond acceptors (Lipinski definition) is 10. The summed E-state index contributed by atoms with van der Waals surface area (Å²) in [5.74, 6) is -2.83. The van der Waals surface area contributed by atoms with Gasteiger partial charge >= 0.3 is 19.5 Å². The van der Waals surface area contributed by atoms with Crippen molar-refractivity contribution in [2.75, 3.05) is 14.1 Å².